The van der Waals surface area contributed by atoms with E-state index in [0.29, 0.717) is 19.7 Å². The molecule has 2 atom stereocenters. The molecule has 2 aliphatic rings. The maximum absolute atomic E-state index is 12.2. The number of esters is 1. The highest BCUT2D eigenvalue weighted by atomic mass is 16.6. The van der Waals surface area contributed by atoms with Gasteiger partial charge in [0.1, 0.15) is 5.60 Å². The van der Waals surface area contributed by atoms with Gasteiger partial charge in [-0.2, -0.15) is 0 Å². The first kappa shape index (κ1) is 19.0. The number of amides is 1. The van der Waals surface area contributed by atoms with Crippen LogP contribution < -0.4 is 0 Å². The average Bonchev–Trinajstić information content (AvgIpc) is 2.53. The van der Waals surface area contributed by atoms with Crippen LogP contribution in [0, 0.1) is 5.92 Å². The number of carbonyl (C=O) groups excluding carboxylic acids is 2. The Morgan fingerprint density at radius 3 is 2.25 bits per heavy atom. The third kappa shape index (κ3) is 5.10. The van der Waals surface area contributed by atoms with Gasteiger partial charge >= 0.3 is 12.1 Å². The van der Waals surface area contributed by atoms with E-state index in [1.165, 1.54) is 0 Å². The number of piperazine rings is 1. The molecule has 1 unspecified atom stereocenters. The van der Waals surface area contributed by atoms with Crippen molar-refractivity contribution >= 4 is 12.1 Å². The van der Waals surface area contributed by atoms with Crippen LogP contribution in [-0.4, -0.2) is 66.3 Å². The second kappa shape index (κ2) is 8.19. The Balaban J connectivity index is 1.90. The molecule has 0 bridgehead atoms. The monoisotopic (exact) mass is 340 g/mol. The molecule has 138 valence electrons. The first-order valence-corrected chi connectivity index (χ1v) is 9.20. The van der Waals surface area contributed by atoms with Gasteiger partial charge < -0.3 is 14.4 Å². The predicted molar refractivity (Wildman–Crippen MR) is 91.8 cm³/mol. The Morgan fingerprint density at radius 2 is 1.67 bits per heavy atom. The van der Waals surface area contributed by atoms with Crippen molar-refractivity contribution in [3.05, 3.63) is 0 Å². The molecule has 0 aromatic heterocycles. The molecule has 0 spiro atoms. The van der Waals surface area contributed by atoms with E-state index in [1.807, 2.05) is 27.7 Å². The van der Waals surface area contributed by atoms with Gasteiger partial charge in [-0.25, -0.2) is 4.79 Å². The fourth-order valence-corrected chi connectivity index (χ4v) is 3.64. The molecule has 6 nitrogen and oxygen atoms in total. The average molecular weight is 340 g/mol. The van der Waals surface area contributed by atoms with E-state index >= 15 is 0 Å². The normalized spacial score (nSPS) is 26.1. The molecule has 1 amide bonds. The minimum Gasteiger partial charge on any atom is -0.466 e. The van der Waals surface area contributed by atoms with Crippen molar-refractivity contribution in [1.82, 2.24) is 9.80 Å². The van der Waals surface area contributed by atoms with Gasteiger partial charge in [0.15, 0.2) is 0 Å². The highest BCUT2D eigenvalue weighted by Crippen LogP contribution is 2.30. The van der Waals surface area contributed by atoms with E-state index in [-0.39, 0.29) is 24.0 Å². The van der Waals surface area contributed by atoms with Crippen LogP contribution in [0.3, 0.4) is 0 Å². The van der Waals surface area contributed by atoms with Gasteiger partial charge in [-0.15, -0.1) is 0 Å². The topological polar surface area (TPSA) is 59.1 Å². The highest BCUT2D eigenvalue weighted by Gasteiger charge is 2.37. The van der Waals surface area contributed by atoms with Crippen molar-refractivity contribution in [2.24, 2.45) is 5.92 Å². The minimum absolute atomic E-state index is 0.0215. The van der Waals surface area contributed by atoms with Crippen molar-refractivity contribution < 1.29 is 19.1 Å². The number of nitrogens with zero attached hydrogens (tertiary/aromatic N) is 2. The summed E-state index contributed by atoms with van der Waals surface area (Å²) in [4.78, 5) is 28.5. The van der Waals surface area contributed by atoms with Crippen LogP contribution in [0.5, 0.6) is 0 Å². The lowest BCUT2D eigenvalue weighted by molar-refractivity contribution is -0.152. The van der Waals surface area contributed by atoms with Gasteiger partial charge in [-0.3, -0.25) is 9.69 Å². The molecule has 0 N–H and O–H groups in total. The molecule has 0 radical (unpaired) electrons. The molecule has 2 rings (SSSR count). The van der Waals surface area contributed by atoms with E-state index < -0.39 is 5.60 Å². The third-order valence-electron chi connectivity index (χ3n) is 4.75. The predicted octanol–water partition coefficient (Wildman–Crippen LogP) is 2.66. The van der Waals surface area contributed by atoms with Crippen LogP contribution in [0.15, 0.2) is 0 Å². The maximum Gasteiger partial charge on any atom is 0.410 e. The zero-order valence-corrected chi connectivity index (χ0v) is 15.5. The van der Waals surface area contributed by atoms with Gasteiger partial charge in [0.05, 0.1) is 12.5 Å². The van der Waals surface area contributed by atoms with Crippen molar-refractivity contribution in [2.75, 3.05) is 32.8 Å². The molecule has 0 aromatic rings. The second-order valence-electron chi connectivity index (χ2n) is 7.71. The second-order valence-corrected chi connectivity index (χ2v) is 7.71. The molecule has 1 aliphatic heterocycles. The lowest BCUT2D eigenvalue weighted by atomic mass is 9.83. The maximum atomic E-state index is 12.2. The van der Waals surface area contributed by atoms with Crippen LogP contribution in [0.4, 0.5) is 4.79 Å². The first-order valence-electron chi connectivity index (χ1n) is 9.20. The van der Waals surface area contributed by atoms with Gasteiger partial charge in [0, 0.05) is 32.2 Å². The van der Waals surface area contributed by atoms with E-state index in [4.69, 9.17) is 9.47 Å². The number of hydrogen-bond acceptors (Lipinski definition) is 5. The molecule has 1 heterocycles. The molecule has 1 saturated carbocycles. The summed E-state index contributed by atoms with van der Waals surface area (Å²) >= 11 is 0. The Labute approximate surface area is 145 Å². The van der Waals surface area contributed by atoms with Crippen molar-refractivity contribution in [2.45, 2.75) is 65.0 Å². The van der Waals surface area contributed by atoms with Gasteiger partial charge in [-0.05, 0) is 40.5 Å². The van der Waals surface area contributed by atoms with Crippen LogP contribution in [-0.2, 0) is 14.3 Å². The minimum atomic E-state index is -0.466. The summed E-state index contributed by atoms with van der Waals surface area (Å²) in [5, 5.41) is 0. The van der Waals surface area contributed by atoms with Crippen molar-refractivity contribution in [1.29, 1.82) is 0 Å². The fraction of sp³-hybridized carbons (Fsp3) is 0.889. The number of carbonyl (C=O) groups is 2. The molecule has 1 saturated heterocycles. The Bertz CT molecular complexity index is 439. The molecule has 2 fully saturated rings. The quantitative estimate of drug-likeness (QED) is 0.739. The zero-order chi connectivity index (χ0) is 17.7. The van der Waals surface area contributed by atoms with Crippen LogP contribution in [0.25, 0.3) is 0 Å². The van der Waals surface area contributed by atoms with E-state index in [9.17, 15) is 9.59 Å². The van der Waals surface area contributed by atoms with Gasteiger partial charge in [-0.1, -0.05) is 12.8 Å². The summed E-state index contributed by atoms with van der Waals surface area (Å²) in [6.45, 7) is 10.8. The Kier molecular flexibility index (Phi) is 6.49. The fourth-order valence-electron chi connectivity index (χ4n) is 3.64. The molecule has 1 aliphatic carbocycles. The Hall–Kier alpha value is -1.30. The molecule has 0 aromatic carbocycles. The molecule has 6 heteroatoms. The van der Waals surface area contributed by atoms with E-state index in [0.717, 1.165) is 38.8 Å². The van der Waals surface area contributed by atoms with Gasteiger partial charge in [0.2, 0.25) is 0 Å². The van der Waals surface area contributed by atoms with Crippen molar-refractivity contribution in [3.63, 3.8) is 0 Å². The van der Waals surface area contributed by atoms with E-state index in [2.05, 4.69) is 4.90 Å². The smallest absolute Gasteiger partial charge is 0.410 e. The van der Waals surface area contributed by atoms with Crippen LogP contribution in [0.2, 0.25) is 0 Å². The third-order valence-corrected chi connectivity index (χ3v) is 4.75. The molecular weight excluding hydrogens is 308 g/mol. The summed E-state index contributed by atoms with van der Waals surface area (Å²) < 4.78 is 10.7. The largest absolute Gasteiger partial charge is 0.466 e. The van der Waals surface area contributed by atoms with Crippen molar-refractivity contribution in [3.8, 4) is 0 Å². The number of ether oxygens (including phenoxy) is 2. The Morgan fingerprint density at radius 1 is 1.04 bits per heavy atom. The SMILES string of the molecule is CCOC(=O)[C@@H]1CCCCC1N1CCN(C(=O)OC(C)(C)C)CC1. The lowest BCUT2D eigenvalue weighted by Gasteiger charge is -2.43. The summed E-state index contributed by atoms with van der Waals surface area (Å²) in [5.41, 5.74) is -0.466. The summed E-state index contributed by atoms with van der Waals surface area (Å²) in [7, 11) is 0. The summed E-state index contributed by atoms with van der Waals surface area (Å²) in [5.74, 6) is -0.0800. The molecule has 24 heavy (non-hydrogen) atoms. The van der Waals surface area contributed by atoms with Gasteiger partial charge in [0.25, 0.3) is 0 Å². The lowest BCUT2D eigenvalue weighted by Crippen LogP contribution is -2.55. The van der Waals surface area contributed by atoms with E-state index in [1.54, 1.807) is 4.90 Å². The standard InChI is InChI=1S/C18H32N2O4/c1-5-23-16(21)14-8-6-7-9-15(14)19-10-12-20(13-11-19)17(22)24-18(2,3)4/h14-15H,5-13H2,1-4H3/t14-,15?/m1/s1. The zero-order valence-electron chi connectivity index (χ0n) is 15.5. The summed E-state index contributed by atoms with van der Waals surface area (Å²) in [6.07, 6.45) is 3.96. The molecular formula is C18H32N2O4. The first-order chi connectivity index (χ1) is 11.3. The number of hydrogen-bond donors (Lipinski definition) is 0. The number of rotatable bonds is 3. The highest BCUT2D eigenvalue weighted by molar-refractivity contribution is 5.73. The van der Waals surface area contributed by atoms with Crippen LogP contribution in [0.1, 0.15) is 53.4 Å². The van der Waals surface area contributed by atoms with Crippen LogP contribution >= 0.6 is 0 Å². The summed E-state index contributed by atoms with van der Waals surface area (Å²) in [6, 6.07) is 0.249.